The van der Waals surface area contributed by atoms with Crippen molar-refractivity contribution in [3.05, 3.63) is 41.6 Å². The van der Waals surface area contributed by atoms with E-state index in [0.29, 0.717) is 23.0 Å². The molecule has 8 nitrogen and oxygen atoms in total. The van der Waals surface area contributed by atoms with Crippen LogP contribution in [0.25, 0.3) is 0 Å². The number of hydrogen-bond acceptors (Lipinski definition) is 5. The Balaban J connectivity index is 1.68. The number of sulfonamides is 1. The van der Waals surface area contributed by atoms with E-state index < -0.39 is 10.0 Å². The summed E-state index contributed by atoms with van der Waals surface area (Å²) in [7, 11) is -3.40. The predicted octanol–water partition coefficient (Wildman–Crippen LogP) is 1.93. The number of benzene rings is 1. The highest BCUT2D eigenvalue weighted by atomic mass is 32.2. The summed E-state index contributed by atoms with van der Waals surface area (Å²) in [4.78, 5) is 12.4. The lowest BCUT2D eigenvalue weighted by Crippen LogP contribution is -2.14. The Morgan fingerprint density at radius 1 is 1.28 bits per heavy atom. The smallest absolute Gasteiger partial charge is 0.256 e. The zero-order valence-corrected chi connectivity index (χ0v) is 14.6. The number of hydrogen-bond donors (Lipinski definition) is 3. The molecule has 1 amide bonds. The van der Waals surface area contributed by atoms with Crippen LogP contribution in [0.1, 0.15) is 34.8 Å². The number of aromatic amines is 1. The Bertz CT molecular complexity index is 857. The van der Waals surface area contributed by atoms with Gasteiger partial charge in [0.2, 0.25) is 10.0 Å². The number of nitrogens with one attached hydrogen (secondary N) is 3. The van der Waals surface area contributed by atoms with Gasteiger partial charge in [-0.1, -0.05) is 6.07 Å². The molecule has 2 aromatic rings. The van der Waals surface area contributed by atoms with Crippen LogP contribution in [0.4, 0.5) is 11.5 Å². The fourth-order valence-electron chi connectivity index (χ4n) is 2.74. The highest BCUT2D eigenvalue weighted by Gasteiger charge is 2.19. The van der Waals surface area contributed by atoms with E-state index in [1.54, 1.807) is 18.2 Å². The molecule has 9 heteroatoms. The molecule has 0 unspecified atom stereocenters. The highest BCUT2D eigenvalue weighted by Crippen LogP contribution is 2.26. The fraction of sp³-hybridized carbons (Fsp3) is 0.375. The molecule has 0 bridgehead atoms. The van der Waals surface area contributed by atoms with Gasteiger partial charge in [0, 0.05) is 42.1 Å². The summed E-state index contributed by atoms with van der Waals surface area (Å²) in [6.45, 7) is 1.46. The maximum Gasteiger partial charge on any atom is 0.256 e. The second-order valence-corrected chi connectivity index (χ2v) is 7.75. The van der Waals surface area contributed by atoms with Gasteiger partial charge in [-0.2, -0.15) is 5.10 Å². The van der Waals surface area contributed by atoms with E-state index in [4.69, 9.17) is 4.74 Å². The van der Waals surface area contributed by atoms with Crippen LogP contribution in [0.15, 0.2) is 30.3 Å². The molecule has 1 saturated heterocycles. The molecule has 2 heterocycles. The van der Waals surface area contributed by atoms with Crippen molar-refractivity contribution in [3.63, 3.8) is 0 Å². The SMILES string of the molecule is CS(=O)(=O)Nc1cccc(C(=O)Nc2cc(C3CCOCC3)[nH]n2)c1. The summed E-state index contributed by atoms with van der Waals surface area (Å²) in [6.07, 6.45) is 2.91. The second kappa shape index (κ2) is 7.24. The first kappa shape index (κ1) is 17.4. The number of nitrogens with zero attached hydrogens (tertiary/aromatic N) is 1. The molecule has 3 rings (SSSR count). The minimum atomic E-state index is -3.40. The number of H-pyrrole nitrogens is 1. The predicted molar refractivity (Wildman–Crippen MR) is 94.2 cm³/mol. The highest BCUT2D eigenvalue weighted by molar-refractivity contribution is 7.92. The van der Waals surface area contributed by atoms with Gasteiger partial charge in [-0.15, -0.1) is 0 Å². The molecule has 0 saturated carbocycles. The summed E-state index contributed by atoms with van der Waals surface area (Å²) in [5.41, 5.74) is 1.65. The molecule has 1 aromatic carbocycles. The summed E-state index contributed by atoms with van der Waals surface area (Å²) >= 11 is 0. The first-order chi connectivity index (χ1) is 11.9. The van der Waals surface area contributed by atoms with Crippen molar-refractivity contribution < 1.29 is 17.9 Å². The molecule has 1 aliphatic heterocycles. The van der Waals surface area contributed by atoms with Gasteiger partial charge in [-0.05, 0) is 31.0 Å². The molecule has 1 aromatic heterocycles. The number of ether oxygens (including phenoxy) is 1. The van der Waals surface area contributed by atoms with Gasteiger partial charge in [0.25, 0.3) is 5.91 Å². The van der Waals surface area contributed by atoms with E-state index in [9.17, 15) is 13.2 Å². The quantitative estimate of drug-likeness (QED) is 0.750. The van der Waals surface area contributed by atoms with Gasteiger partial charge in [-0.25, -0.2) is 8.42 Å². The first-order valence-corrected chi connectivity index (χ1v) is 9.82. The zero-order chi connectivity index (χ0) is 17.9. The van der Waals surface area contributed by atoms with E-state index in [2.05, 4.69) is 20.2 Å². The van der Waals surface area contributed by atoms with Gasteiger partial charge in [0.05, 0.1) is 6.26 Å². The lowest BCUT2D eigenvalue weighted by Gasteiger charge is -2.20. The Labute approximate surface area is 146 Å². The third-order valence-electron chi connectivity index (χ3n) is 3.93. The van der Waals surface area contributed by atoms with Gasteiger partial charge >= 0.3 is 0 Å². The lowest BCUT2D eigenvalue weighted by molar-refractivity contribution is 0.0845. The average Bonchev–Trinajstić information content (AvgIpc) is 3.03. The van der Waals surface area contributed by atoms with Crippen LogP contribution in [0.2, 0.25) is 0 Å². The van der Waals surface area contributed by atoms with Crippen LogP contribution in [-0.4, -0.2) is 44.0 Å². The number of carbonyl (C=O) groups is 1. The summed E-state index contributed by atoms with van der Waals surface area (Å²) in [5, 5.41) is 9.81. The number of anilines is 2. The largest absolute Gasteiger partial charge is 0.381 e. The summed E-state index contributed by atoms with van der Waals surface area (Å²) < 4.78 is 30.3. The molecule has 0 aliphatic carbocycles. The Hall–Kier alpha value is -2.39. The molecule has 0 atom stereocenters. The topological polar surface area (TPSA) is 113 Å². The monoisotopic (exact) mass is 364 g/mol. The molecule has 1 aliphatic rings. The number of rotatable bonds is 5. The van der Waals surface area contributed by atoms with Crippen LogP contribution in [-0.2, 0) is 14.8 Å². The summed E-state index contributed by atoms with van der Waals surface area (Å²) in [5.74, 6) is 0.435. The zero-order valence-electron chi connectivity index (χ0n) is 13.8. The van der Waals surface area contributed by atoms with Crippen LogP contribution in [0.5, 0.6) is 0 Å². The Morgan fingerprint density at radius 2 is 2.04 bits per heavy atom. The van der Waals surface area contributed by atoms with E-state index >= 15 is 0 Å². The minimum Gasteiger partial charge on any atom is -0.381 e. The van der Waals surface area contributed by atoms with Gasteiger partial charge in [0.1, 0.15) is 0 Å². The molecule has 3 N–H and O–H groups in total. The molecule has 25 heavy (non-hydrogen) atoms. The van der Waals surface area contributed by atoms with Gasteiger partial charge in [-0.3, -0.25) is 14.6 Å². The van der Waals surface area contributed by atoms with Crippen molar-refractivity contribution in [2.24, 2.45) is 0 Å². The van der Waals surface area contributed by atoms with Crippen molar-refractivity contribution >= 4 is 27.4 Å². The van der Waals surface area contributed by atoms with Crippen LogP contribution >= 0.6 is 0 Å². The third kappa shape index (κ3) is 4.80. The molecule has 0 spiro atoms. The third-order valence-corrected chi connectivity index (χ3v) is 4.53. The molecular formula is C16H20N4O4S. The first-order valence-electron chi connectivity index (χ1n) is 7.93. The normalized spacial score (nSPS) is 15.7. The van der Waals surface area contributed by atoms with Crippen molar-refractivity contribution in [1.82, 2.24) is 10.2 Å². The average molecular weight is 364 g/mol. The van der Waals surface area contributed by atoms with E-state index in [0.717, 1.165) is 38.0 Å². The molecule has 1 fully saturated rings. The standard InChI is InChI=1S/C16H20N4O4S/c1-25(22,23)20-13-4-2-3-12(9-13)16(21)17-15-10-14(18-19-15)11-5-7-24-8-6-11/h2-4,9-11,20H,5-8H2,1H3,(H2,17,18,19,21). The van der Waals surface area contributed by atoms with Gasteiger partial charge < -0.3 is 10.1 Å². The van der Waals surface area contributed by atoms with Crippen LogP contribution < -0.4 is 10.0 Å². The molecule has 134 valence electrons. The summed E-state index contributed by atoms with van der Waals surface area (Å²) in [6, 6.07) is 8.10. The minimum absolute atomic E-state index is 0.333. The van der Waals surface area contributed by atoms with Crippen molar-refractivity contribution in [3.8, 4) is 0 Å². The Morgan fingerprint density at radius 3 is 2.76 bits per heavy atom. The van der Waals surface area contributed by atoms with Gasteiger partial charge in [0.15, 0.2) is 5.82 Å². The van der Waals surface area contributed by atoms with Crippen molar-refractivity contribution in [1.29, 1.82) is 0 Å². The molecule has 0 radical (unpaired) electrons. The Kier molecular flexibility index (Phi) is 5.05. The maximum absolute atomic E-state index is 12.4. The van der Waals surface area contributed by atoms with Crippen LogP contribution in [0.3, 0.4) is 0 Å². The van der Waals surface area contributed by atoms with Crippen molar-refractivity contribution in [2.75, 3.05) is 29.5 Å². The van der Waals surface area contributed by atoms with E-state index in [-0.39, 0.29) is 5.91 Å². The van der Waals surface area contributed by atoms with E-state index in [1.165, 1.54) is 6.07 Å². The number of amides is 1. The second-order valence-electron chi connectivity index (χ2n) is 6.00. The maximum atomic E-state index is 12.4. The number of carbonyl (C=O) groups excluding carboxylic acids is 1. The van der Waals surface area contributed by atoms with Crippen molar-refractivity contribution in [2.45, 2.75) is 18.8 Å². The fourth-order valence-corrected chi connectivity index (χ4v) is 3.30. The lowest BCUT2D eigenvalue weighted by atomic mass is 9.97. The molecular weight excluding hydrogens is 344 g/mol. The van der Waals surface area contributed by atoms with E-state index in [1.807, 2.05) is 6.07 Å². The number of aromatic nitrogens is 2. The van der Waals surface area contributed by atoms with Crippen LogP contribution in [0, 0.1) is 0 Å².